The van der Waals surface area contributed by atoms with E-state index in [-0.39, 0.29) is 5.56 Å². The van der Waals surface area contributed by atoms with Crippen LogP contribution in [0.4, 0.5) is 0 Å². The molecule has 0 amide bonds. The lowest BCUT2D eigenvalue weighted by Gasteiger charge is -2.01. The summed E-state index contributed by atoms with van der Waals surface area (Å²) in [6.45, 7) is 2.06. The van der Waals surface area contributed by atoms with Crippen molar-refractivity contribution >= 4 is 16.7 Å². The van der Waals surface area contributed by atoms with Gasteiger partial charge in [0, 0.05) is 18.8 Å². The molecule has 0 aromatic carbocycles. The zero-order chi connectivity index (χ0) is 12.7. The highest BCUT2D eigenvalue weighted by atomic mass is 16.1. The maximum atomic E-state index is 11.8. The molecule has 3 aromatic heterocycles. The molecule has 3 aromatic rings. The fourth-order valence-corrected chi connectivity index (χ4v) is 1.91. The molecular formula is C11H12N6O. The van der Waals surface area contributed by atoms with E-state index in [0.717, 1.165) is 23.3 Å². The number of nitrogens with two attached hydrogens (primary N) is 1. The number of aromatic nitrogens is 5. The first-order valence-corrected chi connectivity index (χ1v) is 5.72. The van der Waals surface area contributed by atoms with Gasteiger partial charge >= 0.3 is 0 Å². The summed E-state index contributed by atoms with van der Waals surface area (Å²) in [5.41, 5.74) is 0.371. The highest BCUT2D eigenvalue weighted by molar-refractivity contribution is 5.78. The van der Waals surface area contributed by atoms with Crippen LogP contribution in [0.25, 0.3) is 16.7 Å². The molecule has 92 valence electrons. The van der Waals surface area contributed by atoms with Crippen LogP contribution in [0, 0.1) is 0 Å². The van der Waals surface area contributed by atoms with Crippen LogP contribution in [0.5, 0.6) is 0 Å². The fraction of sp³-hybridized carbons (Fsp3) is 0.273. The molecular weight excluding hydrogens is 232 g/mol. The number of pyridine rings is 1. The Morgan fingerprint density at radius 1 is 1.44 bits per heavy atom. The summed E-state index contributed by atoms with van der Waals surface area (Å²) in [5.74, 6) is 6.75. The van der Waals surface area contributed by atoms with E-state index >= 15 is 0 Å². The Bertz CT molecular complexity index is 787. The third-order valence-electron chi connectivity index (χ3n) is 2.78. The topological polar surface area (TPSA) is 91.1 Å². The molecule has 0 bridgehead atoms. The smallest absolute Gasteiger partial charge is 0.279 e. The van der Waals surface area contributed by atoms with Gasteiger partial charge in [-0.2, -0.15) is 9.50 Å². The largest absolute Gasteiger partial charge is 0.336 e. The van der Waals surface area contributed by atoms with E-state index in [1.54, 1.807) is 10.6 Å². The van der Waals surface area contributed by atoms with Gasteiger partial charge in [-0.25, -0.2) is 9.66 Å². The minimum Gasteiger partial charge on any atom is -0.336 e. The standard InChI is InChI=1S/C11H12N6O/c1-2-3-9-14-11-13-6-7-8(17(11)15-9)4-5-16(12)10(7)18/h4-6H,2-3,12H2,1H3. The van der Waals surface area contributed by atoms with E-state index in [1.165, 1.54) is 12.4 Å². The molecule has 0 radical (unpaired) electrons. The maximum Gasteiger partial charge on any atom is 0.279 e. The number of aryl methyl sites for hydroxylation is 1. The van der Waals surface area contributed by atoms with Gasteiger partial charge in [0.05, 0.1) is 10.9 Å². The van der Waals surface area contributed by atoms with Crippen LogP contribution in [-0.2, 0) is 6.42 Å². The van der Waals surface area contributed by atoms with Gasteiger partial charge in [-0.3, -0.25) is 4.79 Å². The van der Waals surface area contributed by atoms with Crippen molar-refractivity contribution in [2.24, 2.45) is 0 Å². The first-order chi connectivity index (χ1) is 8.70. The van der Waals surface area contributed by atoms with Crippen LogP contribution < -0.4 is 11.4 Å². The van der Waals surface area contributed by atoms with Crippen molar-refractivity contribution < 1.29 is 0 Å². The maximum absolute atomic E-state index is 11.8. The summed E-state index contributed by atoms with van der Waals surface area (Å²) >= 11 is 0. The summed E-state index contributed by atoms with van der Waals surface area (Å²) in [4.78, 5) is 20.3. The van der Waals surface area contributed by atoms with Crippen molar-refractivity contribution in [2.75, 3.05) is 5.84 Å². The van der Waals surface area contributed by atoms with Gasteiger partial charge < -0.3 is 5.84 Å². The van der Waals surface area contributed by atoms with Crippen molar-refractivity contribution in [1.29, 1.82) is 0 Å². The average Bonchev–Trinajstić information content (AvgIpc) is 2.77. The highest BCUT2D eigenvalue weighted by Gasteiger charge is 2.09. The second-order valence-corrected chi connectivity index (χ2v) is 4.08. The van der Waals surface area contributed by atoms with Gasteiger partial charge in [0.15, 0.2) is 5.82 Å². The molecule has 0 saturated heterocycles. The summed E-state index contributed by atoms with van der Waals surface area (Å²) in [7, 11) is 0. The Labute approximate surface area is 102 Å². The quantitative estimate of drug-likeness (QED) is 0.646. The summed E-state index contributed by atoms with van der Waals surface area (Å²) < 4.78 is 2.61. The lowest BCUT2D eigenvalue weighted by atomic mass is 10.3. The monoisotopic (exact) mass is 244 g/mol. The molecule has 0 fully saturated rings. The number of hydrogen-bond donors (Lipinski definition) is 1. The lowest BCUT2D eigenvalue weighted by Crippen LogP contribution is -2.26. The first kappa shape index (κ1) is 10.7. The van der Waals surface area contributed by atoms with Crippen molar-refractivity contribution in [2.45, 2.75) is 19.8 Å². The van der Waals surface area contributed by atoms with Crippen LogP contribution in [0.3, 0.4) is 0 Å². The number of fused-ring (bicyclic) bond motifs is 3. The molecule has 0 atom stereocenters. The van der Waals surface area contributed by atoms with E-state index in [0.29, 0.717) is 16.7 Å². The van der Waals surface area contributed by atoms with Crippen LogP contribution in [0.1, 0.15) is 19.2 Å². The minimum atomic E-state index is -0.297. The molecule has 7 heteroatoms. The van der Waals surface area contributed by atoms with Gasteiger partial charge in [0.1, 0.15) is 0 Å². The zero-order valence-corrected chi connectivity index (χ0v) is 9.87. The Balaban J connectivity index is 2.39. The summed E-state index contributed by atoms with van der Waals surface area (Å²) in [5, 5.41) is 4.79. The van der Waals surface area contributed by atoms with Crippen LogP contribution in [-0.4, -0.2) is 24.3 Å². The molecule has 3 rings (SSSR count). The predicted molar refractivity (Wildman–Crippen MR) is 66.7 cm³/mol. The molecule has 18 heavy (non-hydrogen) atoms. The SMILES string of the molecule is CCCc1nc2ncc3c(=O)n(N)ccc3n2n1. The van der Waals surface area contributed by atoms with Gasteiger partial charge in [-0.1, -0.05) is 6.92 Å². The van der Waals surface area contributed by atoms with E-state index in [2.05, 4.69) is 22.0 Å². The second-order valence-electron chi connectivity index (χ2n) is 4.08. The predicted octanol–water partition coefficient (Wildman–Crippen LogP) is 0.105. The van der Waals surface area contributed by atoms with Crippen LogP contribution in [0.15, 0.2) is 23.3 Å². The minimum absolute atomic E-state index is 0.297. The average molecular weight is 244 g/mol. The molecule has 0 aliphatic carbocycles. The van der Waals surface area contributed by atoms with E-state index in [4.69, 9.17) is 5.84 Å². The van der Waals surface area contributed by atoms with E-state index in [9.17, 15) is 4.79 Å². The van der Waals surface area contributed by atoms with Crippen LogP contribution in [0.2, 0.25) is 0 Å². The van der Waals surface area contributed by atoms with E-state index < -0.39 is 0 Å². The van der Waals surface area contributed by atoms with E-state index in [1.807, 2.05) is 0 Å². The molecule has 0 unspecified atom stereocenters. The molecule has 2 N–H and O–H groups in total. The van der Waals surface area contributed by atoms with Crippen molar-refractivity contribution in [1.82, 2.24) is 24.3 Å². The Morgan fingerprint density at radius 2 is 2.28 bits per heavy atom. The molecule has 0 aliphatic rings. The Morgan fingerprint density at radius 3 is 3.06 bits per heavy atom. The van der Waals surface area contributed by atoms with Gasteiger partial charge in [-0.05, 0) is 12.5 Å². The molecule has 0 aliphatic heterocycles. The number of rotatable bonds is 2. The highest BCUT2D eigenvalue weighted by Crippen LogP contribution is 2.10. The fourth-order valence-electron chi connectivity index (χ4n) is 1.91. The third-order valence-corrected chi connectivity index (χ3v) is 2.78. The van der Waals surface area contributed by atoms with Crippen molar-refractivity contribution in [3.63, 3.8) is 0 Å². The van der Waals surface area contributed by atoms with Gasteiger partial charge in [0.2, 0.25) is 0 Å². The second kappa shape index (κ2) is 3.80. The molecule has 7 nitrogen and oxygen atoms in total. The summed E-state index contributed by atoms with van der Waals surface area (Å²) in [6.07, 6.45) is 4.75. The Hall–Kier alpha value is -2.44. The lowest BCUT2D eigenvalue weighted by molar-refractivity contribution is 0.825. The molecule has 3 heterocycles. The number of hydrogen-bond acceptors (Lipinski definition) is 5. The van der Waals surface area contributed by atoms with Gasteiger partial charge in [0.25, 0.3) is 11.3 Å². The summed E-state index contributed by atoms with van der Waals surface area (Å²) in [6, 6.07) is 1.73. The normalized spacial score (nSPS) is 11.4. The third kappa shape index (κ3) is 1.44. The van der Waals surface area contributed by atoms with Crippen molar-refractivity contribution in [3.05, 3.63) is 34.6 Å². The molecule has 0 saturated carbocycles. The first-order valence-electron chi connectivity index (χ1n) is 5.72. The van der Waals surface area contributed by atoms with Gasteiger partial charge in [-0.15, -0.1) is 5.10 Å². The zero-order valence-electron chi connectivity index (χ0n) is 9.87. The Kier molecular flexibility index (Phi) is 2.26. The number of nitrogen functional groups attached to an aromatic ring is 1. The molecule has 0 spiro atoms. The number of nitrogens with zero attached hydrogens (tertiary/aromatic N) is 5. The van der Waals surface area contributed by atoms with Crippen LogP contribution >= 0.6 is 0 Å². The van der Waals surface area contributed by atoms with Crippen molar-refractivity contribution in [3.8, 4) is 0 Å².